The number of aryl methyl sites for hydroxylation is 1. The molecule has 2 aromatic heterocycles. The fourth-order valence-corrected chi connectivity index (χ4v) is 0.987. The van der Waals surface area contributed by atoms with Gasteiger partial charge in [-0.05, 0) is 6.92 Å². The summed E-state index contributed by atoms with van der Waals surface area (Å²) in [5.74, 6) is 0.0867. The van der Waals surface area contributed by atoms with Crippen molar-refractivity contribution in [1.82, 2.24) is 19.8 Å². The van der Waals surface area contributed by atoms with E-state index in [0.717, 1.165) is 4.63 Å². The Balaban J connectivity index is 2.88. The quantitative estimate of drug-likeness (QED) is 0.606. The van der Waals surface area contributed by atoms with E-state index in [0.29, 0.717) is 11.3 Å². The van der Waals surface area contributed by atoms with Gasteiger partial charge in [-0.15, -0.1) is 14.8 Å². The van der Waals surface area contributed by atoms with Crippen LogP contribution in [0.25, 0.3) is 5.52 Å². The van der Waals surface area contributed by atoms with Gasteiger partial charge >= 0.3 is 0 Å². The van der Waals surface area contributed by atoms with E-state index in [4.69, 9.17) is 5.73 Å². The van der Waals surface area contributed by atoms with Gasteiger partial charge in [0.15, 0.2) is 5.82 Å². The molecule has 62 valence electrons. The highest BCUT2D eigenvalue weighted by Gasteiger charge is 2.06. The molecule has 0 aromatic carbocycles. The molecule has 0 saturated heterocycles. The number of aromatic nitrogens is 4. The van der Waals surface area contributed by atoms with Gasteiger partial charge in [-0.2, -0.15) is 4.39 Å². The zero-order valence-electron chi connectivity index (χ0n) is 6.32. The molecule has 5 nitrogen and oxygen atoms in total. The minimum Gasteiger partial charge on any atom is -0.382 e. The van der Waals surface area contributed by atoms with Gasteiger partial charge in [0, 0.05) is 6.07 Å². The van der Waals surface area contributed by atoms with E-state index in [9.17, 15) is 4.39 Å². The van der Waals surface area contributed by atoms with Gasteiger partial charge in [0.25, 0.3) is 0 Å². The van der Waals surface area contributed by atoms with E-state index in [1.807, 2.05) is 0 Å². The molecule has 2 N–H and O–H groups in total. The molecule has 6 heteroatoms. The van der Waals surface area contributed by atoms with E-state index in [-0.39, 0.29) is 5.82 Å². The Morgan fingerprint density at radius 2 is 2.25 bits per heavy atom. The van der Waals surface area contributed by atoms with E-state index < -0.39 is 5.95 Å². The van der Waals surface area contributed by atoms with Crippen LogP contribution >= 0.6 is 0 Å². The molecule has 0 radical (unpaired) electrons. The first-order valence-corrected chi connectivity index (χ1v) is 3.32. The first kappa shape index (κ1) is 6.96. The summed E-state index contributed by atoms with van der Waals surface area (Å²) in [7, 11) is 0. The van der Waals surface area contributed by atoms with Crippen molar-refractivity contribution >= 4 is 11.3 Å². The summed E-state index contributed by atoms with van der Waals surface area (Å²) >= 11 is 0. The zero-order chi connectivity index (χ0) is 8.72. The predicted octanol–water partition coefficient (Wildman–Crippen LogP) is 0.154. The van der Waals surface area contributed by atoms with Crippen molar-refractivity contribution in [2.24, 2.45) is 0 Å². The Morgan fingerprint density at radius 3 is 3.00 bits per heavy atom. The second kappa shape index (κ2) is 2.13. The van der Waals surface area contributed by atoms with E-state index in [1.165, 1.54) is 6.07 Å². The molecular formula is C6H6FN5. The van der Waals surface area contributed by atoms with E-state index >= 15 is 0 Å². The molecule has 0 amide bonds. The van der Waals surface area contributed by atoms with Crippen LogP contribution in [0.15, 0.2) is 6.07 Å². The van der Waals surface area contributed by atoms with Crippen LogP contribution in [0, 0.1) is 12.9 Å². The lowest BCUT2D eigenvalue weighted by Gasteiger charge is -1.96. The minimum atomic E-state index is -0.610. The van der Waals surface area contributed by atoms with Gasteiger partial charge in [0.1, 0.15) is 11.3 Å². The Labute approximate surface area is 67.0 Å². The van der Waals surface area contributed by atoms with Crippen LogP contribution in [0.3, 0.4) is 0 Å². The number of nitrogen functional groups attached to an aromatic ring is 1. The van der Waals surface area contributed by atoms with Crippen molar-refractivity contribution in [3.8, 4) is 0 Å². The summed E-state index contributed by atoms with van der Waals surface area (Å²) in [6, 6.07) is 1.19. The molecule has 0 aliphatic carbocycles. The highest BCUT2D eigenvalue weighted by Crippen LogP contribution is 2.09. The number of nitrogens with two attached hydrogens (primary N) is 1. The summed E-state index contributed by atoms with van der Waals surface area (Å²) in [4.78, 5) is 3.85. The molecule has 0 saturated carbocycles. The van der Waals surface area contributed by atoms with E-state index in [1.54, 1.807) is 6.92 Å². The first-order chi connectivity index (χ1) is 5.66. The lowest BCUT2D eigenvalue weighted by atomic mass is 10.5. The zero-order valence-corrected chi connectivity index (χ0v) is 6.32. The molecule has 0 fully saturated rings. The Morgan fingerprint density at radius 1 is 1.50 bits per heavy atom. The maximum atomic E-state index is 12.6. The molecular weight excluding hydrogens is 161 g/mol. The topological polar surface area (TPSA) is 69.1 Å². The molecule has 0 atom stereocenters. The van der Waals surface area contributed by atoms with Crippen molar-refractivity contribution < 1.29 is 4.39 Å². The largest absolute Gasteiger partial charge is 0.382 e. The molecule has 2 heterocycles. The minimum absolute atomic E-state index is 0.235. The van der Waals surface area contributed by atoms with Crippen LogP contribution in [-0.2, 0) is 0 Å². The lowest BCUT2D eigenvalue weighted by Crippen LogP contribution is -2.03. The van der Waals surface area contributed by atoms with Crippen molar-refractivity contribution in [3.05, 3.63) is 17.8 Å². The highest BCUT2D eigenvalue weighted by atomic mass is 19.1. The fourth-order valence-electron chi connectivity index (χ4n) is 0.987. The molecule has 0 aliphatic rings. The number of nitrogens with zero attached hydrogens (tertiary/aromatic N) is 4. The van der Waals surface area contributed by atoms with Crippen LogP contribution < -0.4 is 5.73 Å². The van der Waals surface area contributed by atoms with Gasteiger partial charge in [-0.1, -0.05) is 0 Å². The number of anilines is 1. The smallest absolute Gasteiger partial charge is 0.235 e. The predicted molar refractivity (Wildman–Crippen MR) is 39.9 cm³/mol. The Kier molecular flexibility index (Phi) is 1.24. The first-order valence-electron chi connectivity index (χ1n) is 3.32. The normalized spacial score (nSPS) is 10.8. The number of rotatable bonds is 0. The number of hydrogen-bond acceptors (Lipinski definition) is 4. The average molecular weight is 167 g/mol. The SMILES string of the molecule is Cc1nc(N)c2cc(F)nn2n1. The van der Waals surface area contributed by atoms with Gasteiger partial charge in [-0.3, -0.25) is 0 Å². The molecule has 2 rings (SSSR count). The summed E-state index contributed by atoms with van der Waals surface area (Å²) < 4.78 is 13.7. The van der Waals surface area contributed by atoms with E-state index in [2.05, 4.69) is 15.2 Å². The lowest BCUT2D eigenvalue weighted by molar-refractivity contribution is 0.557. The number of hydrogen-bond donors (Lipinski definition) is 1. The second-order valence-electron chi connectivity index (χ2n) is 2.39. The third-order valence-electron chi connectivity index (χ3n) is 1.45. The average Bonchev–Trinajstić information content (AvgIpc) is 2.29. The monoisotopic (exact) mass is 167 g/mol. The van der Waals surface area contributed by atoms with Gasteiger partial charge in [0.2, 0.25) is 5.95 Å². The maximum Gasteiger partial charge on any atom is 0.235 e. The molecule has 0 aliphatic heterocycles. The summed E-state index contributed by atoms with van der Waals surface area (Å²) in [5, 5.41) is 7.29. The molecule has 0 bridgehead atoms. The van der Waals surface area contributed by atoms with Crippen LogP contribution in [0.1, 0.15) is 5.82 Å². The Bertz CT molecular complexity index is 435. The van der Waals surface area contributed by atoms with Crippen molar-refractivity contribution in [2.45, 2.75) is 6.92 Å². The van der Waals surface area contributed by atoms with Crippen LogP contribution in [0.2, 0.25) is 0 Å². The maximum absolute atomic E-state index is 12.6. The molecule has 12 heavy (non-hydrogen) atoms. The Hall–Kier alpha value is -1.72. The van der Waals surface area contributed by atoms with Crippen LogP contribution in [-0.4, -0.2) is 19.8 Å². The second-order valence-corrected chi connectivity index (χ2v) is 2.39. The van der Waals surface area contributed by atoms with Crippen LogP contribution in [0.5, 0.6) is 0 Å². The third-order valence-corrected chi connectivity index (χ3v) is 1.45. The highest BCUT2D eigenvalue weighted by molar-refractivity contribution is 5.63. The van der Waals surface area contributed by atoms with Gasteiger partial charge in [-0.25, -0.2) is 4.98 Å². The van der Waals surface area contributed by atoms with Crippen molar-refractivity contribution in [3.63, 3.8) is 0 Å². The fraction of sp³-hybridized carbons (Fsp3) is 0.167. The summed E-state index contributed by atoms with van der Waals surface area (Å²) in [6.07, 6.45) is 0. The summed E-state index contributed by atoms with van der Waals surface area (Å²) in [5.41, 5.74) is 5.88. The number of halogens is 1. The van der Waals surface area contributed by atoms with Crippen molar-refractivity contribution in [1.29, 1.82) is 0 Å². The van der Waals surface area contributed by atoms with Gasteiger partial charge < -0.3 is 5.73 Å². The standard InChI is InChI=1S/C6H6FN5/c1-3-9-6(8)4-2-5(7)11-12(4)10-3/h2H,1H3,(H2,8,9,10). The van der Waals surface area contributed by atoms with Crippen molar-refractivity contribution in [2.75, 3.05) is 5.73 Å². The number of fused-ring (bicyclic) bond motifs is 1. The summed E-state index contributed by atoms with van der Waals surface area (Å²) in [6.45, 7) is 1.66. The molecule has 0 spiro atoms. The van der Waals surface area contributed by atoms with Gasteiger partial charge in [0.05, 0.1) is 0 Å². The molecule has 2 aromatic rings. The third kappa shape index (κ3) is 0.884. The van der Waals surface area contributed by atoms with Crippen LogP contribution in [0.4, 0.5) is 10.2 Å². The molecule has 0 unspecified atom stereocenters.